The van der Waals surface area contributed by atoms with Crippen LogP contribution in [0.5, 0.6) is 0 Å². The van der Waals surface area contributed by atoms with E-state index in [4.69, 9.17) is 0 Å². The molecule has 108 valence electrons. The van der Waals surface area contributed by atoms with Crippen molar-refractivity contribution >= 4 is 11.8 Å². The molecule has 0 aromatic heterocycles. The Hall–Kier alpha value is -0.470. The molecule has 1 aromatic rings. The molecule has 1 atom stereocenters. The van der Waals surface area contributed by atoms with Crippen LogP contribution in [0.4, 0.5) is 0 Å². The van der Waals surface area contributed by atoms with Crippen LogP contribution in [-0.2, 0) is 0 Å². The molecule has 2 heteroatoms. The molecule has 0 aliphatic heterocycles. The van der Waals surface area contributed by atoms with E-state index in [-0.39, 0.29) is 0 Å². The van der Waals surface area contributed by atoms with Gasteiger partial charge in [-0.05, 0) is 44.0 Å². The van der Waals surface area contributed by atoms with Crippen molar-refractivity contribution in [2.24, 2.45) is 0 Å². The largest absolute Gasteiger partial charge is 0.309 e. The maximum absolute atomic E-state index is 3.65. The van der Waals surface area contributed by atoms with Crippen LogP contribution in [0.15, 0.2) is 12.1 Å². The van der Waals surface area contributed by atoms with Crippen LogP contribution in [-0.4, -0.2) is 17.0 Å². The summed E-state index contributed by atoms with van der Waals surface area (Å²) in [5.41, 5.74) is 5.68. The Morgan fingerprint density at radius 2 is 1.63 bits per heavy atom. The predicted molar refractivity (Wildman–Crippen MR) is 89.3 cm³/mol. The molecule has 0 saturated heterocycles. The zero-order valence-corrected chi connectivity index (χ0v) is 14.4. The third-order valence-electron chi connectivity index (χ3n) is 3.22. The summed E-state index contributed by atoms with van der Waals surface area (Å²) in [7, 11) is 0. The number of rotatable bonds is 5. The first-order valence-electron chi connectivity index (χ1n) is 7.19. The van der Waals surface area contributed by atoms with E-state index in [9.17, 15) is 0 Å². The molecule has 0 fully saturated rings. The van der Waals surface area contributed by atoms with Gasteiger partial charge in [-0.25, -0.2) is 0 Å². The van der Waals surface area contributed by atoms with Crippen LogP contribution in [0, 0.1) is 20.8 Å². The van der Waals surface area contributed by atoms with Crippen molar-refractivity contribution in [2.45, 2.75) is 59.3 Å². The number of benzene rings is 1. The lowest BCUT2D eigenvalue weighted by atomic mass is 9.95. The second kappa shape index (κ2) is 6.81. The van der Waals surface area contributed by atoms with E-state index < -0.39 is 0 Å². The van der Waals surface area contributed by atoms with Crippen molar-refractivity contribution in [2.75, 3.05) is 12.3 Å². The molecule has 0 bridgehead atoms. The minimum Gasteiger partial charge on any atom is -0.309 e. The number of nitrogens with one attached hydrogen (secondary N) is 1. The molecule has 0 spiro atoms. The van der Waals surface area contributed by atoms with Crippen LogP contribution in [0.3, 0.4) is 0 Å². The molecule has 0 heterocycles. The van der Waals surface area contributed by atoms with E-state index in [1.807, 2.05) is 11.8 Å². The number of hydrogen-bond acceptors (Lipinski definition) is 2. The van der Waals surface area contributed by atoms with E-state index in [1.54, 1.807) is 0 Å². The molecule has 1 aromatic carbocycles. The minimum atomic E-state index is 0.320. The molecular weight excluding hydrogens is 250 g/mol. The van der Waals surface area contributed by atoms with E-state index >= 15 is 0 Å². The summed E-state index contributed by atoms with van der Waals surface area (Å²) < 4.78 is 0.320. The van der Waals surface area contributed by atoms with Gasteiger partial charge in [0, 0.05) is 16.5 Å². The van der Waals surface area contributed by atoms with Crippen LogP contribution in [0.25, 0.3) is 0 Å². The van der Waals surface area contributed by atoms with Crippen molar-refractivity contribution < 1.29 is 0 Å². The standard InChI is InChI=1S/C17H29NS/c1-8-18-15(11-19-17(5,6)7)16-13(3)9-12(2)10-14(16)4/h9-10,15,18H,8,11H2,1-7H3. The highest BCUT2D eigenvalue weighted by Crippen LogP contribution is 2.31. The molecule has 1 rings (SSSR count). The fourth-order valence-electron chi connectivity index (χ4n) is 2.56. The maximum Gasteiger partial charge on any atom is 0.0417 e. The predicted octanol–water partition coefficient (Wildman–Crippen LogP) is 4.79. The highest BCUT2D eigenvalue weighted by Gasteiger charge is 2.19. The molecule has 0 aliphatic rings. The molecule has 1 nitrogen and oxygen atoms in total. The normalized spacial score (nSPS) is 13.6. The Kier molecular flexibility index (Phi) is 5.94. The summed E-state index contributed by atoms with van der Waals surface area (Å²) in [5, 5.41) is 3.65. The van der Waals surface area contributed by atoms with Gasteiger partial charge < -0.3 is 5.32 Å². The molecule has 0 radical (unpaired) electrons. The molecule has 1 unspecified atom stereocenters. The van der Waals surface area contributed by atoms with Crippen molar-refractivity contribution in [3.63, 3.8) is 0 Å². The quantitative estimate of drug-likeness (QED) is 0.831. The van der Waals surface area contributed by atoms with Crippen molar-refractivity contribution in [1.82, 2.24) is 5.32 Å². The fourth-order valence-corrected chi connectivity index (χ4v) is 3.52. The third-order valence-corrected chi connectivity index (χ3v) is 4.59. The maximum atomic E-state index is 3.65. The Bertz CT molecular complexity index is 395. The van der Waals surface area contributed by atoms with Gasteiger partial charge in [-0.15, -0.1) is 0 Å². The summed E-state index contributed by atoms with van der Waals surface area (Å²) in [6, 6.07) is 5.05. The summed E-state index contributed by atoms with van der Waals surface area (Å²) in [6.07, 6.45) is 0. The van der Waals surface area contributed by atoms with Gasteiger partial charge in [0.25, 0.3) is 0 Å². The van der Waals surface area contributed by atoms with Crippen molar-refractivity contribution in [3.05, 3.63) is 34.4 Å². The molecule has 19 heavy (non-hydrogen) atoms. The Labute approximate surface area is 123 Å². The summed E-state index contributed by atoms with van der Waals surface area (Å²) >= 11 is 2.04. The van der Waals surface area contributed by atoms with E-state index in [0.717, 1.165) is 12.3 Å². The number of aryl methyl sites for hydroxylation is 3. The zero-order valence-electron chi connectivity index (χ0n) is 13.6. The number of thioether (sulfide) groups is 1. The Morgan fingerprint density at radius 3 is 2.05 bits per heavy atom. The van der Waals surface area contributed by atoms with Gasteiger partial charge in [0.2, 0.25) is 0 Å². The van der Waals surface area contributed by atoms with Gasteiger partial charge >= 0.3 is 0 Å². The van der Waals surface area contributed by atoms with Gasteiger partial charge in [-0.3, -0.25) is 0 Å². The van der Waals surface area contributed by atoms with Gasteiger partial charge in [-0.2, -0.15) is 11.8 Å². The van der Waals surface area contributed by atoms with Crippen LogP contribution in [0.1, 0.15) is 56.0 Å². The summed E-state index contributed by atoms with van der Waals surface area (Å²) in [6.45, 7) is 16.7. The van der Waals surface area contributed by atoms with Gasteiger partial charge in [0.1, 0.15) is 0 Å². The highest BCUT2D eigenvalue weighted by molar-refractivity contribution is 8.00. The summed E-state index contributed by atoms with van der Waals surface area (Å²) in [4.78, 5) is 0. The Balaban J connectivity index is 2.99. The minimum absolute atomic E-state index is 0.320. The smallest absolute Gasteiger partial charge is 0.0417 e. The zero-order chi connectivity index (χ0) is 14.6. The summed E-state index contributed by atoms with van der Waals surface area (Å²) in [5.74, 6) is 1.13. The molecule has 1 N–H and O–H groups in total. The Morgan fingerprint density at radius 1 is 1.11 bits per heavy atom. The highest BCUT2D eigenvalue weighted by atomic mass is 32.2. The average Bonchev–Trinajstić information content (AvgIpc) is 2.23. The monoisotopic (exact) mass is 279 g/mol. The first-order chi connectivity index (χ1) is 8.74. The molecular formula is C17H29NS. The lowest BCUT2D eigenvalue weighted by Gasteiger charge is -2.26. The topological polar surface area (TPSA) is 12.0 Å². The fraction of sp³-hybridized carbons (Fsp3) is 0.647. The van der Waals surface area contributed by atoms with Gasteiger partial charge in [0.15, 0.2) is 0 Å². The first-order valence-corrected chi connectivity index (χ1v) is 8.18. The van der Waals surface area contributed by atoms with Crippen LogP contribution < -0.4 is 5.32 Å². The van der Waals surface area contributed by atoms with Crippen molar-refractivity contribution in [3.8, 4) is 0 Å². The number of hydrogen-bond donors (Lipinski definition) is 1. The SMILES string of the molecule is CCNC(CSC(C)(C)C)c1c(C)cc(C)cc1C. The van der Waals surface area contributed by atoms with E-state index in [2.05, 4.69) is 65.9 Å². The molecule has 0 amide bonds. The van der Waals surface area contributed by atoms with Gasteiger partial charge in [0.05, 0.1) is 0 Å². The van der Waals surface area contributed by atoms with Crippen LogP contribution >= 0.6 is 11.8 Å². The van der Waals surface area contributed by atoms with Crippen molar-refractivity contribution in [1.29, 1.82) is 0 Å². The third kappa shape index (κ3) is 5.19. The lowest BCUT2D eigenvalue weighted by molar-refractivity contribution is 0.597. The second-order valence-corrected chi connectivity index (χ2v) is 8.19. The van der Waals surface area contributed by atoms with E-state index in [1.165, 1.54) is 22.3 Å². The first kappa shape index (κ1) is 16.6. The van der Waals surface area contributed by atoms with Gasteiger partial charge in [-0.1, -0.05) is 45.4 Å². The van der Waals surface area contributed by atoms with Crippen LogP contribution in [0.2, 0.25) is 0 Å². The lowest BCUT2D eigenvalue weighted by Crippen LogP contribution is -2.26. The average molecular weight is 279 g/mol. The molecule has 0 saturated carbocycles. The second-order valence-electron chi connectivity index (χ2n) is 6.35. The van der Waals surface area contributed by atoms with E-state index in [0.29, 0.717) is 10.8 Å². The molecule has 0 aliphatic carbocycles.